The normalized spacial score (nSPS) is 19.3. The molecule has 3 heterocycles. The van der Waals surface area contributed by atoms with Gasteiger partial charge in [-0.25, -0.2) is 13.2 Å². The third kappa shape index (κ3) is 15.5. The zero-order chi connectivity index (χ0) is 65.2. The maximum atomic E-state index is 13.0. The molecule has 1 unspecified atom stereocenters. The van der Waals surface area contributed by atoms with Crippen molar-refractivity contribution in [3.63, 3.8) is 0 Å². The second-order valence-electron chi connectivity index (χ2n) is 22.1. The van der Waals surface area contributed by atoms with E-state index in [-0.39, 0.29) is 110 Å². The Morgan fingerprint density at radius 3 is 1.84 bits per heavy atom. The van der Waals surface area contributed by atoms with E-state index in [1.165, 1.54) is 18.2 Å². The molecule has 1 aliphatic carbocycles. The molecule has 4 N–H and O–H groups in total. The Hall–Kier alpha value is -5.88. The third-order valence-corrected chi connectivity index (χ3v) is 20.5. The van der Waals surface area contributed by atoms with Gasteiger partial charge in [-0.05, 0) is 123 Å². The molecule has 1 atom stereocenters. The molecule has 1 saturated heterocycles. The molecule has 32 heteroatoms. The van der Waals surface area contributed by atoms with Gasteiger partial charge in [-0.15, -0.1) is 5.06 Å². The maximum absolute atomic E-state index is 13.0. The summed E-state index contributed by atoms with van der Waals surface area (Å²) in [6.45, 7) is 7.05. The topological polar surface area (TPSA) is 382 Å². The van der Waals surface area contributed by atoms with E-state index in [9.17, 15) is 79.2 Å². The number of carbonyl (C=O) groups excluding carboxylic acids is 3. The number of hydroxylamine groups is 2. The average Bonchev–Trinajstić information content (AvgIpc) is 1.62. The summed E-state index contributed by atoms with van der Waals surface area (Å²) in [6, 6.07) is 9.06. The highest BCUT2D eigenvalue weighted by atomic mass is 35.5. The lowest BCUT2D eigenvalue weighted by Crippen LogP contribution is -2.32. The van der Waals surface area contributed by atoms with E-state index >= 15 is 0 Å². The number of ether oxygens (including phenoxy) is 4. The maximum Gasteiger partial charge on any atom is 0.333 e. The highest BCUT2D eigenvalue weighted by molar-refractivity contribution is 7.87. The van der Waals surface area contributed by atoms with Crippen molar-refractivity contribution >= 4 is 119 Å². The van der Waals surface area contributed by atoms with Gasteiger partial charge in [0.2, 0.25) is 5.69 Å². The van der Waals surface area contributed by atoms with Crippen LogP contribution in [0.2, 0.25) is 0 Å². The Labute approximate surface area is 520 Å². The summed E-state index contributed by atoms with van der Waals surface area (Å²) in [6.07, 6.45) is 7.51. The van der Waals surface area contributed by atoms with Gasteiger partial charge in [0, 0.05) is 83.2 Å². The first-order valence-electron chi connectivity index (χ1n) is 27.8. The Morgan fingerprint density at radius 2 is 1.26 bits per heavy atom. The van der Waals surface area contributed by atoms with Crippen LogP contribution in [0.4, 0.5) is 11.4 Å². The van der Waals surface area contributed by atoms with Crippen LogP contribution < -0.4 is 4.90 Å². The van der Waals surface area contributed by atoms with Crippen LogP contribution in [0.5, 0.6) is 0 Å². The summed E-state index contributed by atoms with van der Waals surface area (Å²) in [5, 5.41) is 0.400. The van der Waals surface area contributed by atoms with Crippen LogP contribution in [0, 0.1) is 0 Å². The van der Waals surface area contributed by atoms with Crippen molar-refractivity contribution in [1.82, 2.24) is 5.06 Å². The number of fused-ring (bicyclic) bond motifs is 6. The fourth-order valence-electron chi connectivity index (χ4n) is 11.8. The molecule has 8 rings (SSSR count). The second-order valence-corrected chi connectivity index (χ2v) is 29.6. The molecule has 3 aliphatic heterocycles. The zero-order valence-corrected chi connectivity index (χ0v) is 53.5. The summed E-state index contributed by atoms with van der Waals surface area (Å²) in [4.78, 5) is 40.9. The predicted octanol–water partition coefficient (Wildman–Crippen LogP) is 6.59. The van der Waals surface area contributed by atoms with Crippen LogP contribution in [0.3, 0.4) is 0 Å². The molecule has 1 fully saturated rings. The molecule has 0 bridgehead atoms. The van der Waals surface area contributed by atoms with Gasteiger partial charge in [0.05, 0.1) is 78.5 Å². The third-order valence-electron chi connectivity index (χ3n) is 15.8. The van der Waals surface area contributed by atoms with Crippen LogP contribution in [-0.2, 0) is 99.6 Å². The molecular weight excluding hydrogens is 1290 g/mol. The van der Waals surface area contributed by atoms with Crippen LogP contribution in [0.15, 0.2) is 114 Å². The first-order valence-corrected chi connectivity index (χ1v) is 35.5. The fraction of sp³-hybridized carbons (Fsp3) is 0.439. The van der Waals surface area contributed by atoms with Crippen molar-refractivity contribution in [3.8, 4) is 0 Å². The van der Waals surface area contributed by atoms with Gasteiger partial charge in [-0.1, -0.05) is 29.8 Å². The predicted molar refractivity (Wildman–Crippen MR) is 321 cm³/mol. The summed E-state index contributed by atoms with van der Waals surface area (Å²) >= 11 is 7.36. The summed E-state index contributed by atoms with van der Waals surface area (Å²) in [5.41, 5.74) is 0.981. The van der Waals surface area contributed by atoms with Gasteiger partial charge in [-0.2, -0.15) is 38.2 Å². The van der Waals surface area contributed by atoms with E-state index in [1.807, 2.05) is 4.90 Å². The number of carbonyl (C=O) groups is 3. The standard InChI is InChI=1S/C57H66ClN3O23S5/c1-56(2)48(59(22-6-10-52(64)84-61-50(62)19-20-51(61)63)44-15-13-40-42(53(44)56)32-38(86(68,69)70)34-46(40)88(74,75)76)17-11-36-8-5-9-37(55(36)58)12-18-49-57(3,21-7-31-85(65,66)67)54-43-33-39(87(71,72)73)35-47(89(77,78)79)41(43)14-16-45(54)60(49)23-24-81-27-28-83-30-29-82-26-25-80-4/h11-18,32-35H,5-10,19-31H2,1-4H3,(H4-,65,66,67,68,69,70,71,72,73,74,75,76,77,78,79). The van der Waals surface area contributed by atoms with Crippen molar-refractivity contribution < 1.29 is 108 Å². The Balaban J connectivity index is 1.22. The largest absolute Gasteiger partial charge is 0.744 e. The lowest BCUT2D eigenvalue weighted by atomic mass is 9.75. The Bertz CT molecular complexity index is 4280. The smallest absolute Gasteiger partial charge is 0.333 e. The molecule has 0 spiro atoms. The van der Waals surface area contributed by atoms with E-state index in [4.69, 9.17) is 35.4 Å². The SMILES string of the molecule is COCCOCCOCCOCCN1C(=CC=C2CCCC(C=CC3=[N+](CCCC(=O)ON4C(=O)CCC4=O)c4ccc5c(S(=O)(=O)[O-])cc(S(=O)(=O)O)cc5c4C3(C)C)=C2Cl)C(C)(CCCS(=O)(=O)O)c2c1ccc1c(S(=O)(=O)O)cc(S(=O)(=O)O)cc21. The highest BCUT2D eigenvalue weighted by Crippen LogP contribution is 2.54. The van der Waals surface area contributed by atoms with Gasteiger partial charge in [-0.3, -0.25) is 27.8 Å². The van der Waals surface area contributed by atoms with Crippen molar-refractivity contribution in [2.24, 2.45) is 0 Å². The Kier molecular flexibility index (Phi) is 21.0. The number of halogens is 1. The zero-order valence-electron chi connectivity index (χ0n) is 48.7. The Morgan fingerprint density at radius 1 is 0.685 bits per heavy atom. The van der Waals surface area contributed by atoms with Crippen LogP contribution in [0.1, 0.15) is 89.7 Å². The first kappa shape index (κ1) is 69.0. The quantitative estimate of drug-likeness (QED) is 0.0202. The van der Waals surface area contributed by atoms with E-state index in [1.54, 1.807) is 62.8 Å². The molecular formula is C57H66ClN3O23S5. The summed E-state index contributed by atoms with van der Waals surface area (Å²) in [5.74, 6) is -2.96. The van der Waals surface area contributed by atoms with Crippen molar-refractivity contribution in [2.75, 3.05) is 77.1 Å². The van der Waals surface area contributed by atoms with E-state index < -0.39 is 105 Å². The van der Waals surface area contributed by atoms with Crippen LogP contribution in [-0.4, -0.2) is 170 Å². The van der Waals surface area contributed by atoms with Crippen molar-refractivity contribution in [3.05, 3.63) is 106 Å². The van der Waals surface area contributed by atoms with Gasteiger partial charge in [0.25, 0.3) is 52.3 Å². The number of rotatable bonds is 28. The van der Waals surface area contributed by atoms with Gasteiger partial charge in [0.1, 0.15) is 21.6 Å². The minimum Gasteiger partial charge on any atom is -0.744 e. The number of benzene rings is 4. The van der Waals surface area contributed by atoms with Crippen LogP contribution in [0.25, 0.3) is 21.5 Å². The van der Waals surface area contributed by atoms with E-state index in [0.29, 0.717) is 95.8 Å². The number of anilines is 1. The highest BCUT2D eigenvalue weighted by Gasteiger charge is 2.48. The van der Waals surface area contributed by atoms with Crippen molar-refractivity contribution in [1.29, 1.82) is 0 Å². The number of hydrogen-bond donors (Lipinski definition) is 4. The number of methoxy groups -OCH3 is 1. The monoisotopic (exact) mass is 1360 g/mol. The second kappa shape index (κ2) is 27.1. The summed E-state index contributed by atoms with van der Waals surface area (Å²) in [7, 11) is -23.7. The summed E-state index contributed by atoms with van der Waals surface area (Å²) < 4.78 is 204. The number of imide groups is 1. The van der Waals surface area contributed by atoms with E-state index in [0.717, 1.165) is 12.1 Å². The minimum atomic E-state index is -5.35. The number of allylic oxidation sites excluding steroid dienone is 8. The minimum absolute atomic E-state index is 0.000854. The number of nitrogens with zero attached hydrogens (tertiary/aromatic N) is 3. The first-order chi connectivity index (χ1) is 41.6. The molecule has 0 saturated carbocycles. The van der Waals surface area contributed by atoms with Gasteiger partial charge in [0.15, 0.2) is 5.71 Å². The lowest BCUT2D eigenvalue weighted by molar-refractivity contribution is -0.438. The average molecular weight is 1360 g/mol. The molecule has 0 aromatic heterocycles. The molecule has 484 valence electrons. The lowest BCUT2D eigenvalue weighted by Gasteiger charge is -2.31. The number of hydrogen-bond acceptors (Lipinski definition) is 20. The molecule has 89 heavy (non-hydrogen) atoms. The van der Waals surface area contributed by atoms with E-state index in [2.05, 4.69) is 0 Å². The molecule has 4 aromatic carbocycles. The van der Waals surface area contributed by atoms with Crippen molar-refractivity contribution in [2.45, 2.75) is 109 Å². The number of amides is 2. The molecule has 4 aromatic rings. The van der Waals surface area contributed by atoms with Gasteiger partial charge >= 0.3 is 5.97 Å². The van der Waals surface area contributed by atoms with Gasteiger partial charge < -0.3 is 33.2 Å². The molecule has 0 radical (unpaired) electrons. The fourth-order valence-corrected chi connectivity index (χ4v) is 15.3. The molecule has 2 amide bonds. The molecule has 4 aliphatic rings. The molecule has 26 nitrogen and oxygen atoms in total. The van der Waals surface area contributed by atoms with Crippen LogP contribution >= 0.6 is 11.6 Å².